The van der Waals surface area contributed by atoms with Crippen molar-refractivity contribution in [3.05, 3.63) is 12.2 Å². The first-order chi connectivity index (χ1) is 3.63. The summed E-state index contributed by atoms with van der Waals surface area (Å²) in [6.45, 7) is 1.49. The highest BCUT2D eigenvalue weighted by atomic mass is 16.4. The van der Waals surface area contributed by atoms with Gasteiger partial charge in [-0.2, -0.15) is 0 Å². The van der Waals surface area contributed by atoms with E-state index < -0.39 is 12.1 Å². The molecule has 1 unspecified atom stereocenters. The van der Waals surface area contributed by atoms with Gasteiger partial charge in [0.1, 0.15) is 0 Å². The highest BCUT2D eigenvalue weighted by Gasteiger charge is 1.87. The number of aliphatic hydroxyl groups excluding tert-OH is 1. The summed E-state index contributed by atoms with van der Waals surface area (Å²) in [5.41, 5.74) is 0. The third-order valence-electron chi connectivity index (χ3n) is 0.517. The molecule has 0 spiro atoms. The summed E-state index contributed by atoms with van der Waals surface area (Å²) in [5.74, 6) is -1.04. The molecule has 1 atom stereocenters. The van der Waals surface area contributed by atoms with E-state index in [2.05, 4.69) is 0 Å². The lowest BCUT2D eigenvalue weighted by atomic mass is 10.4. The first-order valence-corrected chi connectivity index (χ1v) is 2.22. The van der Waals surface area contributed by atoms with Crippen LogP contribution in [0.2, 0.25) is 0 Å². The second-order valence-corrected chi connectivity index (χ2v) is 1.44. The fourth-order valence-corrected chi connectivity index (χ4v) is 0.222. The number of carboxylic acid groups (broad SMARTS) is 1. The van der Waals surface area contributed by atoms with Crippen LogP contribution in [0.1, 0.15) is 6.92 Å². The van der Waals surface area contributed by atoms with E-state index in [0.717, 1.165) is 6.08 Å². The Morgan fingerprint density at radius 2 is 2.25 bits per heavy atom. The minimum Gasteiger partial charge on any atom is -0.478 e. The first-order valence-electron chi connectivity index (χ1n) is 2.22. The van der Waals surface area contributed by atoms with Gasteiger partial charge in [0, 0.05) is 6.08 Å². The van der Waals surface area contributed by atoms with Crippen LogP contribution in [0.15, 0.2) is 12.2 Å². The standard InChI is InChI=1S/C5H8O3/c1-4(6)2-3-5(7)8/h2-4,6H,1H3,(H,7,8). The number of hydrogen-bond donors (Lipinski definition) is 2. The molecule has 8 heavy (non-hydrogen) atoms. The lowest BCUT2D eigenvalue weighted by molar-refractivity contribution is -0.131. The second-order valence-electron chi connectivity index (χ2n) is 1.44. The topological polar surface area (TPSA) is 57.5 Å². The Morgan fingerprint density at radius 1 is 1.75 bits per heavy atom. The normalized spacial score (nSPS) is 14.2. The average molecular weight is 116 g/mol. The minimum absolute atomic E-state index is 0.675. The van der Waals surface area contributed by atoms with Crippen molar-refractivity contribution in [1.82, 2.24) is 0 Å². The van der Waals surface area contributed by atoms with Gasteiger partial charge in [-0.05, 0) is 13.0 Å². The quantitative estimate of drug-likeness (QED) is 0.499. The minimum atomic E-state index is -1.04. The molecule has 2 N–H and O–H groups in total. The zero-order valence-electron chi connectivity index (χ0n) is 4.53. The van der Waals surface area contributed by atoms with Crippen molar-refractivity contribution in [2.45, 2.75) is 13.0 Å². The van der Waals surface area contributed by atoms with Gasteiger partial charge in [0.05, 0.1) is 6.10 Å². The van der Waals surface area contributed by atoms with Gasteiger partial charge >= 0.3 is 5.97 Å². The van der Waals surface area contributed by atoms with Crippen LogP contribution in [-0.2, 0) is 4.79 Å². The average Bonchev–Trinajstić information content (AvgIpc) is 1.61. The summed E-state index contributed by atoms with van der Waals surface area (Å²) < 4.78 is 0. The molecule has 0 heterocycles. The molecule has 0 bridgehead atoms. The van der Waals surface area contributed by atoms with Gasteiger partial charge in [0.15, 0.2) is 0 Å². The third-order valence-corrected chi connectivity index (χ3v) is 0.517. The number of aliphatic hydroxyl groups is 1. The lowest BCUT2D eigenvalue weighted by Crippen LogP contribution is -1.95. The molecule has 3 nitrogen and oxygen atoms in total. The van der Waals surface area contributed by atoms with Crippen LogP contribution in [0.25, 0.3) is 0 Å². The zero-order valence-corrected chi connectivity index (χ0v) is 4.53. The number of carboxylic acids is 1. The Morgan fingerprint density at radius 3 is 2.38 bits per heavy atom. The zero-order chi connectivity index (χ0) is 6.57. The predicted molar refractivity (Wildman–Crippen MR) is 28.5 cm³/mol. The molecule has 0 fully saturated rings. The van der Waals surface area contributed by atoms with E-state index in [1.807, 2.05) is 0 Å². The van der Waals surface area contributed by atoms with Gasteiger partial charge in [-0.1, -0.05) is 0 Å². The van der Waals surface area contributed by atoms with Crippen LogP contribution >= 0.6 is 0 Å². The molecule has 0 aliphatic heterocycles. The molecule has 0 aromatic rings. The number of aliphatic carboxylic acids is 1. The van der Waals surface area contributed by atoms with Gasteiger partial charge in [0.25, 0.3) is 0 Å². The molecule has 0 rings (SSSR count). The van der Waals surface area contributed by atoms with Gasteiger partial charge in [-0.25, -0.2) is 4.79 Å². The molecule has 0 aliphatic rings. The van der Waals surface area contributed by atoms with Gasteiger partial charge in [-0.3, -0.25) is 0 Å². The van der Waals surface area contributed by atoms with Crippen molar-refractivity contribution in [3.8, 4) is 0 Å². The molecule has 0 saturated carbocycles. The van der Waals surface area contributed by atoms with E-state index in [9.17, 15) is 4.79 Å². The molecule has 0 aliphatic carbocycles. The maximum absolute atomic E-state index is 9.71. The Kier molecular flexibility index (Phi) is 2.88. The maximum atomic E-state index is 9.71. The molecule has 0 aromatic carbocycles. The van der Waals surface area contributed by atoms with Gasteiger partial charge in [-0.15, -0.1) is 0 Å². The number of hydrogen-bond acceptors (Lipinski definition) is 2. The van der Waals surface area contributed by atoms with E-state index in [1.54, 1.807) is 0 Å². The molecule has 3 heteroatoms. The fraction of sp³-hybridized carbons (Fsp3) is 0.400. The monoisotopic (exact) mass is 116 g/mol. The first kappa shape index (κ1) is 7.17. The molecule has 46 valence electrons. The maximum Gasteiger partial charge on any atom is 0.328 e. The van der Waals surface area contributed by atoms with Crippen molar-refractivity contribution in [2.24, 2.45) is 0 Å². The van der Waals surface area contributed by atoms with E-state index in [1.165, 1.54) is 13.0 Å². The Labute approximate surface area is 47.3 Å². The molecule has 0 amide bonds. The SMILES string of the molecule is CC(O)C=CC(=O)O. The number of rotatable bonds is 2. The summed E-state index contributed by atoms with van der Waals surface area (Å²) in [5, 5.41) is 16.4. The van der Waals surface area contributed by atoms with Crippen molar-refractivity contribution >= 4 is 5.97 Å². The second kappa shape index (κ2) is 3.21. The van der Waals surface area contributed by atoms with Crippen LogP contribution in [0, 0.1) is 0 Å². The van der Waals surface area contributed by atoms with Crippen LogP contribution in [0.3, 0.4) is 0 Å². The molecular formula is C5H8O3. The van der Waals surface area contributed by atoms with E-state index >= 15 is 0 Å². The predicted octanol–water partition coefficient (Wildman–Crippen LogP) is 0.00800. The smallest absolute Gasteiger partial charge is 0.328 e. The van der Waals surface area contributed by atoms with Crippen LogP contribution in [0.5, 0.6) is 0 Å². The third kappa shape index (κ3) is 5.17. The summed E-state index contributed by atoms with van der Waals surface area (Å²) in [6.07, 6.45) is 1.43. The largest absolute Gasteiger partial charge is 0.478 e. The summed E-state index contributed by atoms with van der Waals surface area (Å²) in [4.78, 5) is 9.71. The Balaban J connectivity index is 3.50. The van der Waals surface area contributed by atoms with Gasteiger partial charge in [0.2, 0.25) is 0 Å². The van der Waals surface area contributed by atoms with Crippen LogP contribution in [-0.4, -0.2) is 22.3 Å². The van der Waals surface area contributed by atoms with Crippen molar-refractivity contribution in [2.75, 3.05) is 0 Å². The fourth-order valence-electron chi connectivity index (χ4n) is 0.222. The van der Waals surface area contributed by atoms with Crippen molar-refractivity contribution in [3.63, 3.8) is 0 Å². The lowest BCUT2D eigenvalue weighted by Gasteiger charge is -1.88. The molecule has 0 radical (unpaired) electrons. The van der Waals surface area contributed by atoms with Crippen LogP contribution in [0.4, 0.5) is 0 Å². The highest BCUT2D eigenvalue weighted by molar-refractivity contribution is 5.79. The molecule has 0 aromatic heterocycles. The Hall–Kier alpha value is -0.830. The van der Waals surface area contributed by atoms with E-state index in [0.29, 0.717) is 0 Å². The van der Waals surface area contributed by atoms with Crippen LogP contribution < -0.4 is 0 Å². The molecule has 0 saturated heterocycles. The van der Waals surface area contributed by atoms with Crippen molar-refractivity contribution < 1.29 is 15.0 Å². The summed E-state index contributed by atoms with van der Waals surface area (Å²) in [7, 11) is 0. The Bertz CT molecular complexity index is 104. The number of carbonyl (C=O) groups is 1. The van der Waals surface area contributed by atoms with Crippen molar-refractivity contribution in [1.29, 1.82) is 0 Å². The van der Waals surface area contributed by atoms with Gasteiger partial charge < -0.3 is 10.2 Å². The summed E-state index contributed by atoms with van der Waals surface area (Å²) in [6, 6.07) is 0. The highest BCUT2D eigenvalue weighted by Crippen LogP contribution is 1.80. The van der Waals surface area contributed by atoms with E-state index in [4.69, 9.17) is 10.2 Å². The molecular weight excluding hydrogens is 108 g/mol. The van der Waals surface area contributed by atoms with E-state index in [-0.39, 0.29) is 0 Å². The summed E-state index contributed by atoms with van der Waals surface area (Å²) >= 11 is 0.